The van der Waals surface area contributed by atoms with Gasteiger partial charge in [-0.2, -0.15) is 10.2 Å². The van der Waals surface area contributed by atoms with Gasteiger partial charge in [-0.25, -0.2) is 14.3 Å². The standard InChI is InChI=1S/C22H22N6O6/c1-3-17(30)33-18-8-16(32-12(2)29)20(34-18)28-19-15(10-25-21(24)26-19)27(22(28)31)11-14-6-4-5-13(7-14)9-23/h4-7,10,16,18,20H,3,8,11H2,1-2H3,(H2,24,25,26)/t16-,18-,20-/m1/s1. The van der Waals surface area contributed by atoms with Crippen LogP contribution in [0.4, 0.5) is 5.95 Å². The zero-order chi connectivity index (χ0) is 24.4. The average molecular weight is 466 g/mol. The van der Waals surface area contributed by atoms with Gasteiger partial charge < -0.3 is 19.9 Å². The molecule has 0 bridgehead atoms. The number of nitrogen functional groups attached to an aromatic ring is 1. The predicted molar refractivity (Wildman–Crippen MR) is 117 cm³/mol. The maximum Gasteiger partial charge on any atom is 0.332 e. The lowest BCUT2D eigenvalue weighted by Crippen LogP contribution is -2.34. The minimum atomic E-state index is -1.12. The minimum absolute atomic E-state index is 0.0415. The lowest BCUT2D eigenvalue weighted by Gasteiger charge is -2.19. The van der Waals surface area contributed by atoms with Crippen LogP contribution in [0.3, 0.4) is 0 Å². The predicted octanol–water partition coefficient (Wildman–Crippen LogP) is 1.23. The third-order valence-electron chi connectivity index (χ3n) is 5.28. The first-order chi connectivity index (χ1) is 16.3. The summed E-state index contributed by atoms with van der Waals surface area (Å²) < 4.78 is 19.1. The summed E-state index contributed by atoms with van der Waals surface area (Å²) >= 11 is 0. The van der Waals surface area contributed by atoms with Crippen molar-refractivity contribution >= 4 is 29.1 Å². The summed E-state index contributed by atoms with van der Waals surface area (Å²) in [5.41, 5.74) is 6.94. The van der Waals surface area contributed by atoms with Crippen molar-refractivity contribution < 1.29 is 23.8 Å². The van der Waals surface area contributed by atoms with Gasteiger partial charge in [0.05, 0.1) is 30.8 Å². The van der Waals surface area contributed by atoms with Gasteiger partial charge in [-0.1, -0.05) is 19.1 Å². The molecule has 34 heavy (non-hydrogen) atoms. The van der Waals surface area contributed by atoms with Crippen LogP contribution in [0, 0.1) is 11.3 Å². The Morgan fingerprint density at radius 1 is 1.35 bits per heavy atom. The van der Waals surface area contributed by atoms with E-state index in [2.05, 4.69) is 16.0 Å². The van der Waals surface area contributed by atoms with E-state index < -0.39 is 36.3 Å². The van der Waals surface area contributed by atoms with Crippen molar-refractivity contribution in [3.05, 3.63) is 52.1 Å². The summed E-state index contributed by atoms with van der Waals surface area (Å²) in [5, 5.41) is 9.19. The maximum atomic E-state index is 13.6. The van der Waals surface area contributed by atoms with Crippen molar-refractivity contribution in [2.75, 3.05) is 5.73 Å². The fourth-order valence-corrected chi connectivity index (χ4v) is 3.83. The van der Waals surface area contributed by atoms with Crippen molar-refractivity contribution in [1.29, 1.82) is 5.26 Å². The molecule has 2 aromatic heterocycles. The van der Waals surface area contributed by atoms with Gasteiger partial charge in [0.1, 0.15) is 5.52 Å². The largest absolute Gasteiger partial charge is 0.457 e. The summed E-state index contributed by atoms with van der Waals surface area (Å²) in [6, 6.07) is 8.89. The number of imidazole rings is 1. The van der Waals surface area contributed by atoms with E-state index in [1.54, 1.807) is 31.2 Å². The van der Waals surface area contributed by atoms with Crippen LogP contribution in [-0.4, -0.2) is 43.4 Å². The van der Waals surface area contributed by atoms with Crippen molar-refractivity contribution in [2.45, 2.75) is 51.9 Å². The van der Waals surface area contributed by atoms with Gasteiger partial charge >= 0.3 is 17.6 Å². The summed E-state index contributed by atoms with van der Waals surface area (Å²) in [5.74, 6) is -1.15. The van der Waals surface area contributed by atoms with Crippen LogP contribution in [0.25, 0.3) is 11.2 Å². The number of benzene rings is 1. The molecule has 1 aliphatic rings. The Balaban J connectivity index is 1.81. The van der Waals surface area contributed by atoms with Crippen LogP contribution in [-0.2, 0) is 30.3 Å². The number of nitrogens with two attached hydrogens (primary N) is 1. The SMILES string of the molecule is CCC(=O)O[C@H]1C[C@@H](OC(C)=O)[C@H](n2c(=O)n(Cc3cccc(C#N)c3)c3cnc(N)nc32)O1. The Hall–Kier alpha value is -4.24. The highest BCUT2D eigenvalue weighted by Gasteiger charge is 2.43. The number of rotatable bonds is 6. The van der Waals surface area contributed by atoms with E-state index >= 15 is 0 Å². The smallest absolute Gasteiger partial charge is 0.332 e. The fraction of sp³-hybridized carbons (Fsp3) is 0.364. The molecule has 1 saturated heterocycles. The number of ether oxygens (including phenoxy) is 3. The monoisotopic (exact) mass is 466 g/mol. The number of aromatic nitrogens is 4. The zero-order valence-corrected chi connectivity index (χ0v) is 18.5. The normalized spacial score (nSPS) is 19.6. The molecule has 0 amide bonds. The Bertz CT molecular complexity index is 1360. The molecule has 12 nitrogen and oxygen atoms in total. The molecule has 0 unspecified atom stereocenters. The van der Waals surface area contributed by atoms with Gasteiger partial charge in [0.15, 0.2) is 18.0 Å². The molecule has 0 radical (unpaired) electrons. The second-order valence-corrected chi connectivity index (χ2v) is 7.67. The summed E-state index contributed by atoms with van der Waals surface area (Å²) in [4.78, 5) is 45.3. The third-order valence-corrected chi connectivity index (χ3v) is 5.28. The van der Waals surface area contributed by atoms with Gasteiger partial charge in [-0.3, -0.25) is 14.2 Å². The second kappa shape index (κ2) is 9.32. The molecule has 1 aliphatic heterocycles. The highest BCUT2D eigenvalue weighted by molar-refractivity contribution is 5.72. The number of nitriles is 1. The molecule has 1 aromatic carbocycles. The Morgan fingerprint density at radius 3 is 2.85 bits per heavy atom. The van der Waals surface area contributed by atoms with Gasteiger partial charge in [0, 0.05) is 13.3 Å². The summed E-state index contributed by atoms with van der Waals surface area (Å²) in [6.45, 7) is 2.98. The number of hydrogen-bond acceptors (Lipinski definition) is 10. The lowest BCUT2D eigenvalue weighted by molar-refractivity contribution is -0.183. The van der Waals surface area contributed by atoms with E-state index in [0.717, 1.165) is 0 Å². The molecule has 1 fully saturated rings. The van der Waals surface area contributed by atoms with E-state index in [-0.39, 0.29) is 31.0 Å². The first-order valence-corrected chi connectivity index (χ1v) is 10.5. The van der Waals surface area contributed by atoms with Crippen LogP contribution in [0.1, 0.15) is 44.0 Å². The van der Waals surface area contributed by atoms with E-state index in [0.29, 0.717) is 16.6 Å². The average Bonchev–Trinajstić information content (AvgIpc) is 3.30. The number of esters is 2. The number of anilines is 1. The van der Waals surface area contributed by atoms with E-state index in [1.807, 2.05) is 0 Å². The zero-order valence-electron chi connectivity index (χ0n) is 18.5. The van der Waals surface area contributed by atoms with Gasteiger partial charge in [0.25, 0.3) is 0 Å². The Morgan fingerprint density at radius 2 is 2.15 bits per heavy atom. The van der Waals surface area contributed by atoms with Gasteiger partial charge in [0.2, 0.25) is 12.2 Å². The Labute approximate surface area is 193 Å². The van der Waals surface area contributed by atoms with Crippen molar-refractivity contribution in [3.63, 3.8) is 0 Å². The van der Waals surface area contributed by atoms with Crippen LogP contribution in [0.2, 0.25) is 0 Å². The number of nitrogens with zero attached hydrogens (tertiary/aromatic N) is 5. The van der Waals surface area contributed by atoms with Crippen molar-refractivity contribution in [2.24, 2.45) is 0 Å². The molecule has 0 aliphatic carbocycles. The molecule has 0 spiro atoms. The van der Waals surface area contributed by atoms with Gasteiger partial charge in [-0.05, 0) is 17.7 Å². The quantitative estimate of drug-likeness (QED) is 0.522. The van der Waals surface area contributed by atoms with E-state index in [4.69, 9.17) is 19.9 Å². The fourth-order valence-electron chi connectivity index (χ4n) is 3.83. The first-order valence-electron chi connectivity index (χ1n) is 10.5. The van der Waals surface area contributed by atoms with Crippen LogP contribution in [0.15, 0.2) is 35.3 Å². The minimum Gasteiger partial charge on any atom is -0.457 e. The number of fused-ring (bicyclic) bond motifs is 1. The Kier molecular flexibility index (Phi) is 6.29. The number of carbonyl (C=O) groups excluding carboxylic acids is 2. The molecular weight excluding hydrogens is 444 g/mol. The van der Waals surface area contributed by atoms with Crippen molar-refractivity contribution in [3.8, 4) is 6.07 Å². The topological polar surface area (TPSA) is 164 Å². The molecule has 176 valence electrons. The van der Waals surface area contributed by atoms with Gasteiger partial charge in [-0.15, -0.1) is 0 Å². The molecule has 2 N–H and O–H groups in total. The van der Waals surface area contributed by atoms with E-state index in [1.165, 1.54) is 22.3 Å². The molecular formula is C22H22N6O6. The molecule has 3 heterocycles. The van der Waals surface area contributed by atoms with Crippen molar-refractivity contribution in [1.82, 2.24) is 19.1 Å². The third kappa shape index (κ3) is 4.46. The molecule has 3 atom stereocenters. The van der Waals surface area contributed by atoms with Crippen LogP contribution < -0.4 is 11.4 Å². The van der Waals surface area contributed by atoms with Crippen LogP contribution >= 0.6 is 0 Å². The number of hydrogen-bond donors (Lipinski definition) is 1. The maximum absolute atomic E-state index is 13.6. The number of carbonyl (C=O) groups is 2. The molecule has 3 aromatic rings. The summed E-state index contributed by atoms with van der Waals surface area (Å²) in [6.07, 6.45) is -1.46. The lowest BCUT2D eigenvalue weighted by atomic mass is 10.1. The molecule has 4 rings (SSSR count). The highest BCUT2D eigenvalue weighted by atomic mass is 16.7. The molecule has 0 saturated carbocycles. The first kappa shape index (κ1) is 22.9. The summed E-state index contributed by atoms with van der Waals surface area (Å²) in [7, 11) is 0. The van der Waals surface area contributed by atoms with Crippen LogP contribution in [0.5, 0.6) is 0 Å². The molecule has 12 heteroatoms. The highest BCUT2D eigenvalue weighted by Crippen LogP contribution is 2.33. The van der Waals surface area contributed by atoms with E-state index in [9.17, 15) is 19.6 Å². The second-order valence-electron chi connectivity index (χ2n) is 7.67.